The lowest BCUT2D eigenvalue weighted by Gasteiger charge is -2.35. The van der Waals surface area contributed by atoms with Gasteiger partial charge < -0.3 is 19.5 Å². The van der Waals surface area contributed by atoms with Crippen molar-refractivity contribution in [1.82, 2.24) is 9.88 Å². The van der Waals surface area contributed by atoms with Crippen molar-refractivity contribution in [2.45, 2.75) is 12.8 Å². The van der Waals surface area contributed by atoms with Crippen molar-refractivity contribution in [2.75, 3.05) is 43.4 Å². The number of amides is 1. The number of benzene rings is 2. The molecule has 1 aromatic heterocycles. The maximum Gasteiger partial charge on any atom is 0.224 e. The van der Waals surface area contributed by atoms with E-state index < -0.39 is 0 Å². The molecular weight excluding hydrogens is 400 g/mol. The van der Waals surface area contributed by atoms with Gasteiger partial charge in [0.15, 0.2) is 11.7 Å². The Bertz CT molecular complexity index is 997. The Morgan fingerprint density at radius 3 is 2.67 bits per heavy atom. The minimum absolute atomic E-state index is 0.0906. The van der Waals surface area contributed by atoms with Crippen molar-refractivity contribution in [3.8, 4) is 11.3 Å². The van der Waals surface area contributed by atoms with Crippen LogP contribution in [0.25, 0.3) is 11.3 Å². The van der Waals surface area contributed by atoms with Gasteiger partial charge in [0.1, 0.15) is 0 Å². The molecule has 0 saturated carbocycles. The molecule has 2 aromatic carbocycles. The standard InChI is InChI=1S/C23H25ClN4O2/c1-27-11-13-28(14-12-27)20-8-7-18(24)15-19(20)26-22(29)9-10-23-25-16-21(30-23)17-5-3-2-4-6-17/h2-8,15-16H,9-14H2,1H3,(H,26,29). The smallest absolute Gasteiger partial charge is 0.224 e. The van der Waals surface area contributed by atoms with Gasteiger partial charge in [0, 0.05) is 49.6 Å². The fourth-order valence-corrected chi connectivity index (χ4v) is 3.70. The zero-order valence-electron chi connectivity index (χ0n) is 17.0. The van der Waals surface area contributed by atoms with Gasteiger partial charge in [-0.25, -0.2) is 4.98 Å². The molecule has 0 unspecified atom stereocenters. The quantitative estimate of drug-likeness (QED) is 0.638. The van der Waals surface area contributed by atoms with Crippen molar-refractivity contribution in [3.05, 3.63) is 65.6 Å². The number of hydrogen-bond acceptors (Lipinski definition) is 5. The van der Waals surface area contributed by atoms with E-state index in [1.54, 1.807) is 6.20 Å². The summed E-state index contributed by atoms with van der Waals surface area (Å²) in [5.41, 5.74) is 2.72. The first-order valence-corrected chi connectivity index (χ1v) is 10.5. The molecule has 4 rings (SSSR count). The normalized spacial score (nSPS) is 14.7. The number of oxazole rings is 1. The van der Waals surface area contributed by atoms with Crippen LogP contribution >= 0.6 is 11.6 Å². The van der Waals surface area contributed by atoms with Crippen molar-refractivity contribution in [2.24, 2.45) is 0 Å². The molecule has 0 bridgehead atoms. The Kier molecular flexibility index (Phi) is 6.35. The third-order valence-electron chi connectivity index (χ3n) is 5.25. The van der Waals surface area contributed by atoms with Gasteiger partial charge in [-0.1, -0.05) is 41.9 Å². The van der Waals surface area contributed by atoms with Crippen LogP contribution in [0.3, 0.4) is 0 Å². The first-order valence-electron chi connectivity index (χ1n) is 10.1. The van der Waals surface area contributed by atoms with Crippen LogP contribution in [0, 0.1) is 0 Å². The number of aromatic nitrogens is 1. The highest BCUT2D eigenvalue weighted by molar-refractivity contribution is 6.31. The summed E-state index contributed by atoms with van der Waals surface area (Å²) in [4.78, 5) is 21.5. The van der Waals surface area contributed by atoms with Crippen LogP contribution < -0.4 is 10.2 Å². The number of likely N-dealkylation sites (N-methyl/N-ethyl adjacent to an activating group) is 1. The third kappa shape index (κ3) is 5.01. The second-order valence-electron chi connectivity index (χ2n) is 7.48. The zero-order valence-corrected chi connectivity index (χ0v) is 17.7. The van der Waals surface area contributed by atoms with Crippen LogP contribution in [-0.4, -0.2) is 49.0 Å². The Hall–Kier alpha value is -2.83. The lowest BCUT2D eigenvalue weighted by molar-refractivity contribution is -0.116. The highest BCUT2D eigenvalue weighted by Gasteiger charge is 2.18. The Labute approximate surface area is 181 Å². The molecule has 0 aliphatic carbocycles. The molecule has 7 heteroatoms. The number of piperazine rings is 1. The monoisotopic (exact) mass is 424 g/mol. The molecule has 1 aliphatic heterocycles. The van der Waals surface area contributed by atoms with E-state index in [1.807, 2.05) is 48.5 Å². The first kappa shape index (κ1) is 20.4. The minimum atomic E-state index is -0.0906. The number of nitrogens with zero attached hydrogens (tertiary/aromatic N) is 3. The predicted molar refractivity (Wildman–Crippen MR) is 120 cm³/mol. The van der Waals surface area contributed by atoms with Gasteiger partial charge in [0.2, 0.25) is 5.91 Å². The molecule has 2 heterocycles. The summed E-state index contributed by atoms with van der Waals surface area (Å²) in [6.45, 7) is 3.81. The fraction of sp³-hybridized carbons (Fsp3) is 0.304. The molecule has 1 aliphatic rings. The van der Waals surface area contributed by atoms with Crippen LogP contribution in [-0.2, 0) is 11.2 Å². The predicted octanol–water partition coefficient (Wildman–Crippen LogP) is 4.32. The summed E-state index contributed by atoms with van der Waals surface area (Å²) in [7, 11) is 2.12. The van der Waals surface area contributed by atoms with Crippen LogP contribution in [0.15, 0.2) is 59.1 Å². The SMILES string of the molecule is CN1CCN(c2ccc(Cl)cc2NC(=O)CCc2ncc(-c3ccccc3)o2)CC1. The molecular formula is C23H25ClN4O2. The van der Waals surface area contributed by atoms with Gasteiger partial charge in [0.25, 0.3) is 0 Å². The molecule has 3 aromatic rings. The number of nitrogens with one attached hydrogen (secondary N) is 1. The number of carbonyl (C=O) groups excluding carboxylic acids is 1. The van der Waals surface area contributed by atoms with Gasteiger partial charge in [-0.2, -0.15) is 0 Å². The van der Waals surface area contributed by atoms with E-state index in [0.717, 1.165) is 43.1 Å². The van der Waals surface area contributed by atoms with Crippen LogP contribution in [0.2, 0.25) is 5.02 Å². The van der Waals surface area contributed by atoms with Crippen molar-refractivity contribution in [3.63, 3.8) is 0 Å². The van der Waals surface area contributed by atoms with Crippen molar-refractivity contribution >= 4 is 28.9 Å². The molecule has 0 radical (unpaired) electrons. The van der Waals surface area contributed by atoms with Gasteiger partial charge in [-0.15, -0.1) is 0 Å². The van der Waals surface area contributed by atoms with E-state index in [2.05, 4.69) is 27.1 Å². The lowest BCUT2D eigenvalue weighted by Crippen LogP contribution is -2.44. The van der Waals surface area contributed by atoms with E-state index in [-0.39, 0.29) is 12.3 Å². The van der Waals surface area contributed by atoms with Crippen LogP contribution in [0.5, 0.6) is 0 Å². The minimum Gasteiger partial charge on any atom is -0.441 e. The molecule has 0 atom stereocenters. The Morgan fingerprint density at radius 1 is 1.13 bits per heavy atom. The number of hydrogen-bond donors (Lipinski definition) is 1. The van der Waals surface area contributed by atoms with Gasteiger partial charge in [0.05, 0.1) is 17.6 Å². The molecule has 1 amide bonds. The highest BCUT2D eigenvalue weighted by atomic mass is 35.5. The van der Waals surface area contributed by atoms with E-state index in [0.29, 0.717) is 23.1 Å². The van der Waals surface area contributed by atoms with Gasteiger partial charge in [-0.3, -0.25) is 4.79 Å². The van der Waals surface area contributed by atoms with Gasteiger partial charge >= 0.3 is 0 Å². The Balaban J connectivity index is 1.38. The largest absolute Gasteiger partial charge is 0.441 e. The molecule has 1 saturated heterocycles. The number of halogens is 1. The topological polar surface area (TPSA) is 61.6 Å². The molecule has 30 heavy (non-hydrogen) atoms. The molecule has 156 valence electrons. The summed E-state index contributed by atoms with van der Waals surface area (Å²) in [6, 6.07) is 15.4. The first-order chi connectivity index (χ1) is 14.6. The number of rotatable bonds is 6. The fourth-order valence-electron chi connectivity index (χ4n) is 3.53. The lowest BCUT2D eigenvalue weighted by atomic mass is 10.2. The van der Waals surface area contributed by atoms with E-state index in [1.165, 1.54) is 0 Å². The summed E-state index contributed by atoms with van der Waals surface area (Å²) >= 11 is 6.19. The number of aryl methyl sites for hydroxylation is 1. The Morgan fingerprint density at radius 2 is 1.90 bits per heavy atom. The van der Waals surface area contributed by atoms with Crippen molar-refractivity contribution < 1.29 is 9.21 Å². The summed E-state index contributed by atoms with van der Waals surface area (Å²) < 4.78 is 5.79. The van der Waals surface area contributed by atoms with Crippen molar-refractivity contribution in [1.29, 1.82) is 0 Å². The molecule has 1 fully saturated rings. The summed E-state index contributed by atoms with van der Waals surface area (Å²) in [6.07, 6.45) is 2.41. The second-order valence-corrected chi connectivity index (χ2v) is 7.92. The number of carbonyl (C=O) groups is 1. The van der Waals surface area contributed by atoms with E-state index in [4.69, 9.17) is 16.0 Å². The van der Waals surface area contributed by atoms with Gasteiger partial charge in [-0.05, 0) is 25.2 Å². The maximum absolute atomic E-state index is 12.6. The van der Waals surface area contributed by atoms with E-state index in [9.17, 15) is 4.79 Å². The summed E-state index contributed by atoms with van der Waals surface area (Å²) in [5, 5.41) is 3.62. The van der Waals surface area contributed by atoms with Crippen LogP contribution in [0.1, 0.15) is 12.3 Å². The van der Waals surface area contributed by atoms with Crippen LogP contribution in [0.4, 0.5) is 11.4 Å². The second kappa shape index (κ2) is 9.32. The average Bonchev–Trinajstić information content (AvgIpc) is 3.23. The number of anilines is 2. The molecule has 1 N–H and O–H groups in total. The average molecular weight is 425 g/mol. The highest BCUT2D eigenvalue weighted by Crippen LogP contribution is 2.30. The molecule has 6 nitrogen and oxygen atoms in total. The maximum atomic E-state index is 12.6. The third-order valence-corrected chi connectivity index (χ3v) is 5.49. The summed E-state index contributed by atoms with van der Waals surface area (Å²) in [5.74, 6) is 1.17. The molecule has 0 spiro atoms. The zero-order chi connectivity index (χ0) is 20.9. The van der Waals surface area contributed by atoms with E-state index >= 15 is 0 Å².